The molecule has 1 amide bonds. The molecule has 0 bridgehead atoms. The number of halogens is 2. The van der Waals surface area contributed by atoms with Crippen LogP contribution in [0.3, 0.4) is 0 Å². The van der Waals surface area contributed by atoms with E-state index in [1.165, 1.54) is 24.3 Å². The molecule has 1 aromatic carbocycles. The monoisotopic (exact) mass is 340 g/mol. The molecule has 0 unspecified atom stereocenters. The maximum absolute atomic E-state index is 13.1. The Morgan fingerprint density at radius 2 is 2.35 bits per heavy atom. The summed E-state index contributed by atoms with van der Waals surface area (Å²) in [4.78, 5) is 11.8. The van der Waals surface area contributed by atoms with Crippen molar-refractivity contribution in [3.8, 4) is 6.07 Å². The summed E-state index contributed by atoms with van der Waals surface area (Å²) in [5.41, 5.74) is 0.544. The largest absolute Gasteiger partial charge is 0.385 e. The molecule has 0 aliphatic carbocycles. The van der Waals surface area contributed by atoms with Crippen molar-refractivity contribution in [2.45, 2.75) is 6.42 Å². The van der Waals surface area contributed by atoms with Crippen molar-refractivity contribution in [1.29, 1.82) is 5.26 Å². The van der Waals surface area contributed by atoms with Gasteiger partial charge in [0.2, 0.25) is 0 Å². The normalized spacial score (nSPS) is 11.0. The molecule has 0 aliphatic heterocycles. The van der Waals surface area contributed by atoms with Crippen molar-refractivity contribution in [2.24, 2.45) is 0 Å². The number of rotatable bonds is 6. The minimum atomic E-state index is -0.455. The molecule has 0 heterocycles. The lowest BCUT2D eigenvalue weighted by Gasteiger charge is -2.04. The van der Waals surface area contributed by atoms with Gasteiger partial charge < -0.3 is 10.1 Å². The van der Waals surface area contributed by atoms with Crippen LogP contribution in [0, 0.1) is 17.1 Å². The van der Waals surface area contributed by atoms with Gasteiger partial charge in [-0.3, -0.25) is 4.79 Å². The van der Waals surface area contributed by atoms with Crippen LogP contribution in [-0.2, 0) is 9.53 Å². The van der Waals surface area contributed by atoms with E-state index in [4.69, 9.17) is 10.00 Å². The van der Waals surface area contributed by atoms with Gasteiger partial charge in [-0.1, -0.05) is 6.07 Å². The van der Waals surface area contributed by atoms with Crippen LogP contribution < -0.4 is 5.32 Å². The van der Waals surface area contributed by atoms with E-state index in [2.05, 4.69) is 21.2 Å². The highest BCUT2D eigenvalue weighted by molar-refractivity contribution is 9.10. The third kappa shape index (κ3) is 5.11. The summed E-state index contributed by atoms with van der Waals surface area (Å²) in [6.45, 7) is 0.968. The Labute approximate surface area is 125 Å². The number of amides is 1. The van der Waals surface area contributed by atoms with E-state index in [1.54, 1.807) is 7.11 Å². The van der Waals surface area contributed by atoms with Crippen LogP contribution >= 0.6 is 15.9 Å². The lowest BCUT2D eigenvalue weighted by atomic mass is 10.1. The lowest BCUT2D eigenvalue weighted by molar-refractivity contribution is -0.117. The molecule has 4 nitrogen and oxygen atoms in total. The lowest BCUT2D eigenvalue weighted by Crippen LogP contribution is -2.26. The average molecular weight is 341 g/mol. The van der Waals surface area contributed by atoms with Crippen LogP contribution in [0.15, 0.2) is 28.2 Å². The predicted octanol–water partition coefficient (Wildman–Crippen LogP) is 2.65. The SMILES string of the molecule is COCCCNC(=O)/C(C#N)=C/c1ccc(F)c(Br)c1. The quantitative estimate of drug-likeness (QED) is 0.492. The highest BCUT2D eigenvalue weighted by atomic mass is 79.9. The van der Waals surface area contributed by atoms with E-state index in [9.17, 15) is 9.18 Å². The summed E-state index contributed by atoms with van der Waals surface area (Å²) >= 11 is 3.05. The standard InChI is InChI=1S/C14H14BrFN2O2/c1-20-6-2-5-18-14(19)11(9-17)7-10-3-4-13(16)12(15)8-10/h3-4,7-8H,2,5-6H2,1H3,(H,18,19)/b11-7+. The molecule has 0 fully saturated rings. The second-order valence-corrected chi connectivity index (χ2v) is 4.80. The van der Waals surface area contributed by atoms with E-state index in [-0.39, 0.29) is 10.0 Å². The van der Waals surface area contributed by atoms with E-state index in [1.807, 2.05) is 6.07 Å². The van der Waals surface area contributed by atoms with Crippen molar-refractivity contribution < 1.29 is 13.9 Å². The molecule has 0 spiro atoms. The first-order valence-corrected chi connectivity index (χ1v) is 6.71. The average Bonchev–Trinajstić information content (AvgIpc) is 2.44. The van der Waals surface area contributed by atoms with Crippen molar-refractivity contribution in [2.75, 3.05) is 20.3 Å². The smallest absolute Gasteiger partial charge is 0.261 e. The molecular formula is C14H14BrFN2O2. The molecule has 20 heavy (non-hydrogen) atoms. The predicted molar refractivity (Wildman–Crippen MR) is 77.2 cm³/mol. The maximum atomic E-state index is 13.1. The molecule has 0 saturated carbocycles. The molecule has 0 aromatic heterocycles. The number of nitrogens with one attached hydrogen (secondary N) is 1. The Hall–Kier alpha value is -1.71. The molecular weight excluding hydrogens is 327 g/mol. The first kappa shape index (κ1) is 16.3. The van der Waals surface area contributed by atoms with Crippen LogP contribution in [0.4, 0.5) is 4.39 Å². The van der Waals surface area contributed by atoms with Gasteiger partial charge in [0.25, 0.3) is 5.91 Å². The van der Waals surface area contributed by atoms with Gasteiger partial charge in [0.1, 0.15) is 17.5 Å². The van der Waals surface area contributed by atoms with Crippen molar-refractivity contribution in [3.05, 3.63) is 39.6 Å². The minimum Gasteiger partial charge on any atom is -0.385 e. The molecule has 1 aromatic rings. The minimum absolute atomic E-state index is 0.0269. The first-order chi connectivity index (χ1) is 9.58. The number of carbonyl (C=O) groups excluding carboxylic acids is 1. The van der Waals surface area contributed by atoms with Crippen molar-refractivity contribution in [1.82, 2.24) is 5.32 Å². The fourth-order valence-electron chi connectivity index (χ4n) is 1.43. The number of methoxy groups -OCH3 is 1. The van der Waals surface area contributed by atoms with Crippen LogP contribution in [0.25, 0.3) is 6.08 Å². The van der Waals surface area contributed by atoms with Gasteiger partial charge in [0.05, 0.1) is 4.47 Å². The zero-order valence-electron chi connectivity index (χ0n) is 11.0. The second kappa shape index (κ2) is 8.46. The number of nitriles is 1. The van der Waals surface area contributed by atoms with E-state index in [0.29, 0.717) is 25.1 Å². The van der Waals surface area contributed by atoms with Gasteiger partial charge >= 0.3 is 0 Å². The summed E-state index contributed by atoms with van der Waals surface area (Å²) in [6, 6.07) is 6.10. The molecule has 6 heteroatoms. The maximum Gasteiger partial charge on any atom is 0.261 e. The molecule has 0 saturated heterocycles. The van der Waals surface area contributed by atoms with E-state index in [0.717, 1.165) is 0 Å². The molecule has 0 radical (unpaired) electrons. The number of ether oxygens (including phenoxy) is 1. The molecule has 0 atom stereocenters. The third-order valence-electron chi connectivity index (χ3n) is 2.43. The Bertz CT molecular complexity index is 553. The number of hydrogen-bond donors (Lipinski definition) is 1. The van der Waals surface area contributed by atoms with Gasteiger partial charge in [0, 0.05) is 20.3 Å². The van der Waals surface area contributed by atoms with Crippen molar-refractivity contribution in [3.63, 3.8) is 0 Å². The molecule has 0 aliphatic rings. The first-order valence-electron chi connectivity index (χ1n) is 5.92. The molecule has 1 rings (SSSR count). The number of carbonyl (C=O) groups is 1. The molecule has 106 valence electrons. The third-order valence-corrected chi connectivity index (χ3v) is 3.04. The van der Waals surface area contributed by atoms with Crippen LogP contribution in [0.2, 0.25) is 0 Å². The summed E-state index contributed by atoms with van der Waals surface area (Å²) < 4.78 is 18.2. The fourth-order valence-corrected chi connectivity index (χ4v) is 1.83. The van der Waals surface area contributed by atoms with Crippen molar-refractivity contribution >= 4 is 27.9 Å². The second-order valence-electron chi connectivity index (χ2n) is 3.95. The number of hydrogen-bond acceptors (Lipinski definition) is 3. The topological polar surface area (TPSA) is 62.1 Å². The van der Waals surface area contributed by atoms with E-state index < -0.39 is 11.7 Å². The summed E-state index contributed by atoms with van der Waals surface area (Å²) in [7, 11) is 1.58. The Balaban J connectivity index is 2.74. The zero-order valence-corrected chi connectivity index (χ0v) is 12.5. The Kier molecular flexibility index (Phi) is 6.91. The van der Waals surface area contributed by atoms with Gasteiger partial charge in [-0.25, -0.2) is 4.39 Å². The summed E-state index contributed by atoms with van der Waals surface area (Å²) in [5, 5.41) is 11.6. The van der Waals surface area contributed by atoms with E-state index >= 15 is 0 Å². The number of nitrogens with zero attached hydrogens (tertiary/aromatic N) is 1. The highest BCUT2D eigenvalue weighted by Gasteiger charge is 2.08. The summed E-state index contributed by atoms with van der Waals surface area (Å²) in [6.07, 6.45) is 2.08. The van der Waals surface area contributed by atoms with Gasteiger partial charge in [-0.05, 0) is 46.1 Å². The zero-order chi connectivity index (χ0) is 15.0. The van der Waals surface area contributed by atoms with Gasteiger partial charge in [-0.2, -0.15) is 5.26 Å². The van der Waals surface area contributed by atoms with Gasteiger partial charge in [0.15, 0.2) is 0 Å². The van der Waals surface area contributed by atoms with Crippen LogP contribution in [0.1, 0.15) is 12.0 Å². The van der Waals surface area contributed by atoms with Gasteiger partial charge in [-0.15, -0.1) is 0 Å². The summed E-state index contributed by atoms with van der Waals surface area (Å²) in [5.74, 6) is -0.853. The highest BCUT2D eigenvalue weighted by Crippen LogP contribution is 2.18. The Morgan fingerprint density at radius 3 is 2.95 bits per heavy atom. The van der Waals surface area contributed by atoms with Crippen LogP contribution in [0.5, 0.6) is 0 Å². The fraction of sp³-hybridized carbons (Fsp3) is 0.286. The Morgan fingerprint density at radius 1 is 1.60 bits per heavy atom. The molecule has 1 N–H and O–H groups in total. The van der Waals surface area contributed by atoms with Crippen LogP contribution in [-0.4, -0.2) is 26.2 Å². The number of benzene rings is 1.